The molecule has 1 aromatic carbocycles. The van der Waals surface area contributed by atoms with Gasteiger partial charge in [0.25, 0.3) is 5.91 Å². The van der Waals surface area contributed by atoms with Crippen molar-refractivity contribution in [2.45, 2.75) is 44.4 Å². The molecule has 1 aliphatic carbocycles. The number of guanidine groups is 1. The van der Waals surface area contributed by atoms with E-state index in [4.69, 9.17) is 6.57 Å². The van der Waals surface area contributed by atoms with Crippen LogP contribution < -0.4 is 10.2 Å². The predicted molar refractivity (Wildman–Crippen MR) is 137 cm³/mol. The molecule has 3 amide bonds. The third-order valence-corrected chi connectivity index (χ3v) is 8.18. The van der Waals surface area contributed by atoms with Gasteiger partial charge >= 0.3 is 12.0 Å². The van der Waals surface area contributed by atoms with Gasteiger partial charge < -0.3 is 24.9 Å². The van der Waals surface area contributed by atoms with E-state index in [0.29, 0.717) is 18.5 Å². The molecule has 0 unspecified atom stereocenters. The maximum absolute atomic E-state index is 12.9. The average Bonchev–Trinajstić information content (AvgIpc) is 3.53. The minimum absolute atomic E-state index is 0.0312. The molecule has 3 fully saturated rings. The van der Waals surface area contributed by atoms with E-state index in [1.54, 1.807) is 9.80 Å². The van der Waals surface area contributed by atoms with E-state index in [9.17, 15) is 9.59 Å². The van der Waals surface area contributed by atoms with Crippen LogP contribution in [-0.2, 0) is 4.79 Å². The Morgan fingerprint density at radius 2 is 1.80 bits per heavy atom. The third-order valence-electron chi connectivity index (χ3n) is 8.18. The van der Waals surface area contributed by atoms with E-state index in [0.717, 1.165) is 24.5 Å². The lowest BCUT2D eigenvalue weighted by Gasteiger charge is -2.41. The highest BCUT2D eigenvalue weighted by atomic mass is 16.2. The number of hydrogen-bond donors (Lipinski definition) is 1. The van der Waals surface area contributed by atoms with Gasteiger partial charge in [0.1, 0.15) is 6.54 Å². The van der Waals surface area contributed by atoms with Crippen LogP contribution in [0.5, 0.6) is 0 Å². The van der Waals surface area contributed by atoms with E-state index >= 15 is 0 Å². The molecule has 184 valence electrons. The highest BCUT2D eigenvalue weighted by Gasteiger charge is 2.38. The van der Waals surface area contributed by atoms with Crippen LogP contribution in [0.1, 0.15) is 50.0 Å². The van der Waals surface area contributed by atoms with Crippen molar-refractivity contribution in [2.24, 2.45) is 15.4 Å². The van der Waals surface area contributed by atoms with E-state index in [-0.39, 0.29) is 36.1 Å². The maximum Gasteiger partial charge on any atom is 0.367 e. The smallest absolute Gasteiger partial charge is 0.367 e. The summed E-state index contributed by atoms with van der Waals surface area (Å²) in [7, 11) is 3.68. The molecular formula is C26H33N7O2. The van der Waals surface area contributed by atoms with Crippen LogP contribution in [0.4, 0.5) is 16.2 Å². The quantitative estimate of drug-likeness (QED) is 0.676. The van der Waals surface area contributed by atoms with Crippen molar-refractivity contribution in [2.75, 3.05) is 57.0 Å². The lowest BCUT2D eigenvalue weighted by molar-refractivity contribution is -0.110. The first-order chi connectivity index (χ1) is 16.9. The number of nitrogens with one attached hydrogen (secondary N) is 1. The van der Waals surface area contributed by atoms with Crippen molar-refractivity contribution >= 4 is 35.0 Å². The number of carbonyl (C=O) groups excluding carboxylic acids is 2. The number of rotatable bonds is 4. The largest absolute Gasteiger partial charge is 0.394 e. The summed E-state index contributed by atoms with van der Waals surface area (Å²) >= 11 is 0. The summed E-state index contributed by atoms with van der Waals surface area (Å²) in [5.74, 6) is -0.0805. The van der Waals surface area contributed by atoms with Gasteiger partial charge in [0.05, 0.1) is 11.4 Å². The number of hydrogen-bond acceptors (Lipinski definition) is 5. The van der Waals surface area contributed by atoms with Crippen molar-refractivity contribution in [1.29, 1.82) is 0 Å². The molecule has 9 nitrogen and oxygen atoms in total. The topological polar surface area (TPSA) is 85.0 Å². The van der Waals surface area contributed by atoms with Crippen molar-refractivity contribution in [3.05, 3.63) is 35.2 Å². The molecule has 9 heteroatoms. The number of aliphatic imine (C=N–C) groups is 2. The summed E-state index contributed by atoms with van der Waals surface area (Å²) in [6.07, 6.45) is 7.72. The highest BCUT2D eigenvalue weighted by molar-refractivity contribution is 6.46. The number of anilines is 2. The van der Waals surface area contributed by atoms with Gasteiger partial charge in [-0.25, -0.2) is 4.79 Å². The Morgan fingerprint density at radius 3 is 2.43 bits per heavy atom. The number of urea groups is 1. The van der Waals surface area contributed by atoms with Crippen LogP contribution in [0.3, 0.4) is 0 Å². The number of piperidine rings is 1. The Labute approximate surface area is 206 Å². The summed E-state index contributed by atoms with van der Waals surface area (Å²) in [6, 6.07) is 6.27. The fourth-order valence-electron chi connectivity index (χ4n) is 6.11. The molecule has 3 heterocycles. The zero-order chi connectivity index (χ0) is 24.6. The molecule has 0 aromatic heterocycles. The van der Waals surface area contributed by atoms with Crippen LogP contribution in [0, 0.1) is 12.0 Å². The summed E-state index contributed by atoms with van der Waals surface area (Å²) in [5, 5.41) is 3.05. The minimum Gasteiger partial charge on any atom is -0.394 e. The monoisotopic (exact) mass is 475 g/mol. The summed E-state index contributed by atoms with van der Waals surface area (Å²) in [6.45, 7) is 10.5. The second kappa shape index (κ2) is 9.33. The van der Waals surface area contributed by atoms with Crippen molar-refractivity contribution in [1.82, 2.24) is 9.80 Å². The van der Waals surface area contributed by atoms with Gasteiger partial charge in [-0.1, -0.05) is 18.9 Å². The molecule has 0 bridgehead atoms. The van der Waals surface area contributed by atoms with Crippen molar-refractivity contribution in [3.63, 3.8) is 0 Å². The Balaban J connectivity index is 1.40. The van der Waals surface area contributed by atoms with E-state index in [2.05, 4.69) is 37.2 Å². The molecular weight excluding hydrogens is 442 g/mol. The fourth-order valence-corrected chi connectivity index (χ4v) is 6.11. The summed E-state index contributed by atoms with van der Waals surface area (Å²) in [4.78, 5) is 42.4. The van der Waals surface area contributed by atoms with Gasteiger partial charge in [-0.2, -0.15) is 4.99 Å². The molecule has 1 N–H and O–H groups in total. The second-order valence-corrected chi connectivity index (χ2v) is 10.5. The Kier molecular flexibility index (Phi) is 6.22. The van der Waals surface area contributed by atoms with Crippen molar-refractivity contribution < 1.29 is 9.59 Å². The van der Waals surface area contributed by atoms with E-state index < -0.39 is 0 Å². The van der Waals surface area contributed by atoms with Crippen LogP contribution in [-0.4, -0.2) is 80.2 Å². The van der Waals surface area contributed by atoms with Crippen LogP contribution in [0.2, 0.25) is 0 Å². The SMILES string of the molecule is [C-]#[N+]C1=NCC(C(=O)Nc2ccc(C3CN(C)C(=O)N(C)C3)cc2N2CCC3(CCCC3)CC2)=N1. The first-order valence-electron chi connectivity index (χ1n) is 12.5. The molecule has 2 saturated heterocycles. The zero-order valence-electron chi connectivity index (χ0n) is 20.6. The molecule has 1 saturated carbocycles. The van der Waals surface area contributed by atoms with Gasteiger partial charge in [-0.15, -0.1) is 11.6 Å². The molecule has 3 aliphatic heterocycles. The Hall–Kier alpha value is -3.41. The van der Waals surface area contributed by atoms with E-state index in [1.165, 1.54) is 44.1 Å². The number of nitrogens with zero attached hydrogens (tertiary/aromatic N) is 6. The first kappa shape index (κ1) is 23.3. The van der Waals surface area contributed by atoms with Gasteiger partial charge in [0.15, 0.2) is 5.71 Å². The van der Waals surface area contributed by atoms with E-state index in [1.807, 2.05) is 20.2 Å². The number of likely N-dealkylation sites (N-methyl/N-ethyl adjacent to an activating group) is 2. The highest BCUT2D eigenvalue weighted by Crippen LogP contribution is 2.47. The molecule has 1 spiro atoms. The Bertz CT molecular complexity index is 1100. The molecule has 0 radical (unpaired) electrons. The van der Waals surface area contributed by atoms with Gasteiger partial charge in [0.2, 0.25) is 0 Å². The number of benzene rings is 1. The average molecular weight is 476 g/mol. The standard InChI is InChI=1S/C26H33N7O2/c1-27-24-28-15-21(30-24)23(34)29-20-7-6-18(19-16-31(2)25(35)32(3)17-19)14-22(20)33-12-10-26(11-13-33)8-4-5-9-26/h6-7,14,19H,4-5,8-13,15-17H2,2-3H3,(H,29,34). The molecule has 0 atom stereocenters. The lowest BCUT2D eigenvalue weighted by Crippen LogP contribution is -2.49. The van der Waals surface area contributed by atoms with Crippen LogP contribution in [0.25, 0.3) is 4.85 Å². The third kappa shape index (κ3) is 4.62. The molecule has 4 aliphatic rings. The van der Waals surface area contributed by atoms with Gasteiger partial charge in [-0.3, -0.25) is 4.79 Å². The Morgan fingerprint density at radius 1 is 1.11 bits per heavy atom. The van der Waals surface area contributed by atoms with Crippen LogP contribution >= 0.6 is 0 Å². The second-order valence-electron chi connectivity index (χ2n) is 10.5. The number of amides is 3. The van der Waals surface area contributed by atoms with Crippen LogP contribution in [0.15, 0.2) is 28.2 Å². The first-order valence-corrected chi connectivity index (χ1v) is 12.5. The summed E-state index contributed by atoms with van der Waals surface area (Å²) in [5.41, 5.74) is 3.72. The van der Waals surface area contributed by atoms with Crippen molar-refractivity contribution in [3.8, 4) is 0 Å². The normalized spacial score (nSPS) is 22.3. The lowest BCUT2D eigenvalue weighted by atomic mass is 9.77. The summed E-state index contributed by atoms with van der Waals surface area (Å²) < 4.78 is 0. The van der Waals surface area contributed by atoms with Gasteiger partial charge in [0, 0.05) is 46.2 Å². The maximum atomic E-state index is 12.9. The zero-order valence-corrected chi connectivity index (χ0v) is 20.6. The predicted octanol–water partition coefficient (Wildman–Crippen LogP) is 3.60. The molecule has 1 aromatic rings. The van der Waals surface area contributed by atoms with Gasteiger partial charge in [-0.05, 0) is 48.8 Å². The molecule has 35 heavy (non-hydrogen) atoms. The minimum atomic E-state index is -0.312. The molecule has 5 rings (SSSR count). The number of carbonyl (C=O) groups is 2. The fraction of sp³-hybridized carbons (Fsp3) is 0.577.